The second-order valence-corrected chi connectivity index (χ2v) is 9.23. The van der Waals surface area contributed by atoms with E-state index in [1.165, 1.54) is 17.7 Å². The number of rotatable bonds is 5. The van der Waals surface area contributed by atoms with Crippen molar-refractivity contribution < 1.29 is 13.7 Å². The van der Waals surface area contributed by atoms with Crippen molar-refractivity contribution in [2.24, 2.45) is 0 Å². The number of nitrogens with zero attached hydrogens (tertiary/aromatic N) is 3. The molecule has 3 aromatic carbocycles. The zero-order valence-electron chi connectivity index (χ0n) is 20.7. The number of urea groups is 1. The number of hydrogen-bond acceptors (Lipinski definition) is 4. The average Bonchev–Trinajstić information content (AvgIpc) is 3.34. The van der Waals surface area contributed by atoms with Crippen molar-refractivity contribution in [2.75, 3.05) is 0 Å². The molecule has 0 saturated heterocycles. The van der Waals surface area contributed by atoms with Crippen LogP contribution in [0.1, 0.15) is 46.7 Å². The molecular formula is C29H27FN4O2. The minimum absolute atomic E-state index is 0.248. The fraction of sp³-hybridized carbons (Fsp3) is 0.207. The van der Waals surface area contributed by atoms with Gasteiger partial charge in [0.15, 0.2) is 0 Å². The van der Waals surface area contributed by atoms with Crippen molar-refractivity contribution in [3.63, 3.8) is 0 Å². The fourth-order valence-corrected chi connectivity index (χ4v) is 4.37. The molecule has 4 aromatic rings. The molecule has 0 fully saturated rings. The first kappa shape index (κ1) is 23.5. The Bertz CT molecular complexity index is 1460. The topological polar surface area (TPSA) is 71.3 Å². The molecule has 0 spiro atoms. The molecule has 1 unspecified atom stereocenters. The predicted octanol–water partition coefficient (Wildman–Crippen LogP) is 6.50. The molecule has 0 bridgehead atoms. The van der Waals surface area contributed by atoms with Crippen molar-refractivity contribution in [1.82, 2.24) is 20.4 Å². The first-order valence-electron chi connectivity index (χ1n) is 11.8. The van der Waals surface area contributed by atoms with Gasteiger partial charge >= 0.3 is 6.03 Å². The van der Waals surface area contributed by atoms with Gasteiger partial charge in [0.1, 0.15) is 5.82 Å². The Morgan fingerprint density at radius 1 is 0.944 bits per heavy atom. The summed E-state index contributed by atoms with van der Waals surface area (Å²) >= 11 is 0. The highest BCUT2D eigenvalue weighted by Crippen LogP contribution is 2.38. The van der Waals surface area contributed by atoms with Crippen molar-refractivity contribution in [3.8, 4) is 11.4 Å². The molecule has 1 atom stereocenters. The molecule has 36 heavy (non-hydrogen) atoms. The van der Waals surface area contributed by atoms with Crippen LogP contribution in [0.25, 0.3) is 17.0 Å². The SMILES string of the molecule is CC1=C(c2nc(-c3ccc(C)cc3)no2)C(c2ccc(C)c(C)c2)NC(=O)N1Cc1ccc(F)cc1. The number of allylic oxidation sites excluding steroid dienone is 1. The van der Waals surface area contributed by atoms with E-state index in [0.29, 0.717) is 17.4 Å². The molecule has 182 valence electrons. The van der Waals surface area contributed by atoms with E-state index in [1.807, 2.05) is 57.2 Å². The zero-order chi connectivity index (χ0) is 25.4. The molecule has 2 heterocycles. The van der Waals surface area contributed by atoms with Crippen molar-refractivity contribution in [2.45, 2.75) is 40.3 Å². The van der Waals surface area contributed by atoms with Gasteiger partial charge in [-0.05, 0) is 62.1 Å². The van der Waals surface area contributed by atoms with Gasteiger partial charge in [0, 0.05) is 11.3 Å². The van der Waals surface area contributed by atoms with Gasteiger partial charge in [-0.25, -0.2) is 9.18 Å². The molecule has 2 amide bonds. The summed E-state index contributed by atoms with van der Waals surface area (Å²) in [4.78, 5) is 19.6. The minimum Gasteiger partial charge on any atom is -0.334 e. The monoisotopic (exact) mass is 482 g/mol. The maximum atomic E-state index is 13.4. The molecule has 6 nitrogen and oxygen atoms in total. The van der Waals surface area contributed by atoms with Crippen LogP contribution in [0, 0.1) is 26.6 Å². The van der Waals surface area contributed by atoms with Crippen LogP contribution in [0.3, 0.4) is 0 Å². The summed E-state index contributed by atoms with van der Waals surface area (Å²) in [6.45, 7) is 8.27. The predicted molar refractivity (Wildman–Crippen MR) is 136 cm³/mol. The lowest BCUT2D eigenvalue weighted by Crippen LogP contribution is -2.45. The second-order valence-electron chi connectivity index (χ2n) is 9.23. The van der Waals surface area contributed by atoms with Crippen LogP contribution in [0.5, 0.6) is 0 Å². The number of halogens is 1. The van der Waals surface area contributed by atoms with Crippen LogP contribution >= 0.6 is 0 Å². The van der Waals surface area contributed by atoms with E-state index in [0.717, 1.165) is 33.4 Å². The molecule has 0 aliphatic carbocycles. The Balaban J connectivity index is 1.60. The Morgan fingerprint density at radius 3 is 2.36 bits per heavy atom. The van der Waals surface area contributed by atoms with Crippen LogP contribution in [0.15, 0.2) is 77.0 Å². The number of carbonyl (C=O) groups excluding carboxylic acids is 1. The number of carbonyl (C=O) groups is 1. The third-order valence-corrected chi connectivity index (χ3v) is 6.68. The van der Waals surface area contributed by atoms with E-state index >= 15 is 0 Å². The number of benzene rings is 3. The Hall–Kier alpha value is -4.26. The van der Waals surface area contributed by atoms with E-state index in [9.17, 15) is 9.18 Å². The highest BCUT2D eigenvalue weighted by Gasteiger charge is 2.36. The number of amides is 2. The molecule has 1 aliphatic rings. The second kappa shape index (κ2) is 9.41. The van der Waals surface area contributed by atoms with Gasteiger partial charge in [0.25, 0.3) is 5.89 Å². The first-order valence-corrected chi connectivity index (χ1v) is 11.8. The molecule has 5 rings (SSSR count). The van der Waals surface area contributed by atoms with E-state index < -0.39 is 6.04 Å². The van der Waals surface area contributed by atoms with Crippen LogP contribution in [-0.2, 0) is 6.54 Å². The molecule has 1 aromatic heterocycles. The summed E-state index contributed by atoms with van der Waals surface area (Å²) in [5.41, 5.74) is 7.44. The molecule has 0 radical (unpaired) electrons. The fourth-order valence-electron chi connectivity index (χ4n) is 4.37. The Kier molecular flexibility index (Phi) is 6.14. The van der Waals surface area contributed by atoms with Gasteiger partial charge in [-0.1, -0.05) is 65.3 Å². The van der Waals surface area contributed by atoms with Crippen molar-refractivity contribution >= 4 is 11.6 Å². The van der Waals surface area contributed by atoms with Crippen LogP contribution < -0.4 is 5.32 Å². The largest absolute Gasteiger partial charge is 0.334 e. The van der Waals surface area contributed by atoms with Gasteiger partial charge in [0.2, 0.25) is 5.82 Å². The summed E-state index contributed by atoms with van der Waals surface area (Å²) in [6.07, 6.45) is 0. The van der Waals surface area contributed by atoms with Crippen molar-refractivity contribution in [3.05, 3.63) is 112 Å². The number of aryl methyl sites for hydroxylation is 3. The maximum Gasteiger partial charge on any atom is 0.322 e. The van der Waals surface area contributed by atoms with Gasteiger partial charge in [-0.2, -0.15) is 4.98 Å². The van der Waals surface area contributed by atoms with Gasteiger partial charge in [-0.3, -0.25) is 4.90 Å². The highest BCUT2D eigenvalue weighted by molar-refractivity contribution is 5.87. The number of aromatic nitrogens is 2. The third-order valence-electron chi connectivity index (χ3n) is 6.68. The molecule has 1 aliphatic heterocycles. The lowest BCUT2D eigenvalue weighted by molar-refractivity contribution is 0.203. The lowest BCUT2D eigenvalue weighted by Gasteiger charge is -2.35. The standard InChI is InChI=1S/C29H27FN4O2/c1-17-5-10-22(11-6-17)27-32-28(36-33-27)25-20(4)34(16-21-8-13-24(30)14-9-21)29(35)31-26(25)23-12-7-18(2)19(3)15-23/h5-15,26H,16H2,1-4H3,(H,31,35). The summed E-state index contributed by atoms with van der Waals surface area (Å²) in [5.74, 6) is 0.501. The van der Waals surface area contributed by atoms with Crippen LogP contribution in [0.2, 0.25) is 0 Å². The van der Waals surface area contributed by atoms with E-state index in [-0.39, 0.29) is 18.4 Å². The molecule has 7 heteroatoms. The average molecular weight is 483 g/mol. The van der Waals surface area contributed by atoms with Crippen molar-refractivity contribution in [1.29, 1.82) is 0 Å². The molecule has 0 saturated carbocycles. The molecular weight excluding hydrogens is 455 g/mol. The Labute approximate surface area is 209 Å². The van der Waals surface area contributed by atoms with Crippen LogP contribution in [-0.4, -0.2) is 21.1 Å². The summed E-state index contributed by atoms with van der Waals surface area (Å²) in [6, 6.07) is 19.4. The Morgan fingerprint density at radius 2 is 1.67 bits per heavy atom. The summed E-state index contributed by atoms with van der Waals surface area (Å²) in [7, 11) is 0. The third kappa shape index (κ3) is 4.52. The van der Waals surface area contributed by atoms with E-state index in [2.05, 4.69) is 23.5 Å². The molecule has 1 N–H and O–H groups in total. The quantitative estimate of drug-likeness (QED) is 0.353. The lowest BCUT2D eigenvalue weighted by atomic mass is 9.92. The van der Waals surface area contributed by atoms with Gasteiger partial charge < -0.3 is 9.84 Å². The maximum absolute atomic E-state index is 13.4. The smallest absolute Gasteiger partial charge is 0.322 e. The van der Waals surface area contributed by atoms with Gasteiger partial charge in [0.05, 0.1) is 18.2 Å². The number of nitrogens with one attached hydrogen (secondary N) is 1. The first-order chi connectivity index (χ1) is 17.3. The van der Waals surface area contributed by atoms with Crippen LogP contribution in [0.4, 0.5) is 9.18 Å². The van der Waals surface area contributed by atoms with Gasteiger partial charge in [-0.15, -0.1) is 0 Å². The zero-order valence-corrected chi connectivity index (χ0v) is 20.7. The minimum atomic E-state index is -0.465. The van der Waals surface area contributed by atoms with E-state index in [1.54, 1.807) is 17.0 Å². The summed E-state index contributed by atoms with van der Waals surface area (Å²) < 4.78 is 19.2. The normalized spacial score (nSPS) is 15.9. The highest BCUT2D eigenvalue weighted by atomic mass is 19.1. The summed E-state index contributed by atoms with van der Waals surface area (Å²) in [5, 5.41) is 7.35. The number of hydrogen-bond donors (Lipinski definition) is 1. The van der Waals surface area contributed by atoms with E-state index in [4.69, 9.17) is 9.51 Å².